The first kappa shape index (κ1) is 12.4. The standard InChI is InChI=1S/C10H13BrN2OS/c1-2-13-10(14)6-15-9-4-3-7(12)5-8(9)11/h3-5H,2,6,12H2,1H3,(H,13,14). The summed E-state index contributed by atoms with van der Waals surface area (Å²) in [5.41, 5.74) is 6.32. The second-order valence-corrected chi connectivity index (χ2v) is 4.80. The highest BCUT2D eigenvalue weighted by Crippen LogP contribution is 2.28. The zero-order chi connectivity index (χ0) is 11.3. The highest BCUT2D eigenvalue weighted by atomic mass is 79.9. The van der Waals surface area contributed by atoms with E-state index in [1.165, 1.54) is 11.8 Å². The molecular weight excluding hydrogens is 276 g/mol. The lowest BCUT2D eigenvalue weighted by Gasteiger charge is -2.05. The molecule has 0 aliphatic heterocycles. The Morgan fingerprint density at radius 3 is 2.93 bits per heavy atom. The highest BCUT2D eigenvalue weighted by molar-refractivity contribution is 9.10. The first-order valence-electron chi connectivity index (χ1n) is 4.58. The van der Waals surface area contributed by atoms with E-state index >= 15 is 0 Å². The summed E-state index contributed by atoms with van der Waals surface area (Å²) in [6.07, 6.45) is 0. The normalized spacial score (nSPS) is 10.0. The van der Waals surface area contributed by atoms with Gasteiger partial charge in [-0.2, -0.15) is 0 Å². The molecule has 0 unspecified atom stereocenters. The lowest BCUT2D eigenvalue weighted by Crippen LogP contribution is -2.24. The summed E-state index contributed by atoms with van der Waals surface area (Å²) in [5.74, 6) is 0.474. The van der Waals surface area contributed by atoms with E-state index in [4.69, 9.17) is 5.73 Å². The lowest BCUT2D eigenvalue weighted by molar-refractivity contribution is -0.118. The third kappa shape index (κ3) is 4.13. The average Bonchev–Trinajstić information content (AvgIpc) is 2.17. The molecule has 1 aromatic rings. The van der Waals surface area contributed by atoms with Crippen molar-refractivity contribution in [1.29, 1.82) is 0 Å². The Balaban J connectivity index is 2.54. The SMILES string of the molecule is CCNC(=O)CSc1ccc(N)cc1Br. The summed E-state index contributed by atoms with van der Waals surface area (Å²) in [6, 6.07) is 5.56. The molecule has 5 heteroatoms. The molecule has 0 fully saturated rings. The number of halogens is 1. The van der Waals surface area contributed by atoms with Gasteiger partial charge in [-0.3, -0.25) is 4.79 Å². The van der Waals surface area contributed by atoms with Gasteiger partial charge in [0.15, 0.2) is 0 Å². The van der Waals surface area contributed by atoms with E-state index in [0.29, 0.717) is 18.0 Å². The number of anilines is 1. The molecule has 1 aromatic carbocycles. The fourth-order valence-corrected chi connectivity index (χ4v) is 2.52. The van der Waals surface area contributed by atoms with E-state index in [9.17, 15) is 4.79 Å². The van der Waals surface area contributed by atoms with E-state index < -0.39 is 0 Å². The van der Waals surface area contributed by atoms with Crippen molar-refractivity contribution in [3.63, 3.8) is 0 Å². The third-order valence-electron chi connectivity index (χ3n) is 1.69. The van der Waals surface area contributed by atoms with Crippen molar-refractivity contribution in [1.82, 2.24) is 5.32 Å². The molecule has 1 amide bonds. The van der Waals surface area contributed by atoms with Gasteiger partial charge in [0.25, 0.3) is 0 Å². The minimum Gasteiger partial charge on any atom is -0.399 e. The summed E-state index contributed by atoms with van der Waals surface area (Å²) in [7, 11) is 0. The molecule has 0 atom stereocenters. The Labute approximate surface area is 102 Å². The molecule has 1 rings (SSSR count). The average molecular weight is 289 g/mol. The molecule has 0 radical (unpaired) electrons. The van der Waals surface area contributed by atoms with Crippen LogP contribution in [0.4, 0.5) is 5.69 Å². The van der Waals surface area contributed by atoms with Crippen LogP contribution in [0.25, 0.3) is 0 Å². The molecule has 0 saturated heterocycles. The van der Waals surface area contributed by atoms with Crippen molar-refractivity contribution in [2.24, 2.45) is 0 Å². The fourth-order valence-electron chi connectivity index (χ4n) is 1.03. The van der Waals surface area contributed by atoms with Crippen LogP contribution in [0.2, 0.25) is 0 Å². The van der Waals surface area contributed by atoms with Crippen LogP contribution in [-0.2, 0) is 4.79 Å². The second kappa shape index (κ2) is 6.02. The van der Waals surface area contributed by atoms with Crippen LogP contribution in [0, 0.1) is 0 Å². The number of nitrogen functional groups attached to an aromatic ring is 1. The Hall–Kier alpha value is -0.680. The maximum atomic E-state index is 11.2. The maximum absolute atomic E-state index is 11.2. The van der Waals surface area contributed by atoms with Crippen molar-refractivity contribution >= 4 is 39.3 Å². The summed E-state index contributed by atoms with van der Waals surface area (Å²) in [5, 5.41) is 2.75. The van der Waals surface area contributed by atoms with E-state index in [1.54, 1.807) is 0 Å². The van der Waals surface area contributed by atoms with E-state index in [-0.39, 0.29) is 5.91 Å². The number of hydrogen-bond donors (Lipinski definition) is 2. The monoisotopic (exact) mass is 288 g/mol. The van der Waals surface area contributed by atoms with Crippen molar-refractivity contribution in [3.05, 3.63) is 22.7 Å². The minimum atomic E-state index is 0.0474. The summed E-state index contributed by atoms with van der Waals surface area (Å²) < 4.78 is 0.928. The molecule has 3 nitrogen and oxygen atoms in total. The minimum absolute atomic E-state index is 0.0474. The molecule has 0 aliphatic carbocycles. The predicted molar refractivity (Wildman–Crippen MR) is 68.0 cm³/mol. The van der Waals surface area contributed by atoms with Crippen LogP contribution < -0.4 is 11.1 Å². The topological polar surface area (TPSA) is 55.1 Å². The predicted octanol–water partition coefficient (Wildman–Crippen LogP) is 2.26. The van der Waals surface area contributed by atoms with Crippen molar-refractivity contribution in [3.8, 4) is 0 Å². The van der Waals surface area contributed by atoms with Crippen LogP contribution in [-0.4, -0.2) is 18.2 Å². The van der Waals surface area contributed by atoms with Gasteiger partial charge >= 0.3 is 0 Å². The van der Waals surface area contributed by atoms with Crippen molar-refractivity contribution in [2.75, 3.05) is 18.0 Å². The maximum Gasteiger partial charge on any atom is 0.230 e. The second-order valence-electron chi connectivity index (χ2n) is 2.93. The summed E-state index contributed by atoms with van der Waals surface area (Å²) in [6.45, 7) is 2.57. The van der Waals surface area contributed by atoms with Crippen molar-refractivity contribution < 1.29 is 4.79 Å². The quantitative estimate of drug-likeness (QED) is 0.660. The van der Waals surface area contributed by atoms with Gasteiger partial charge in [0.05, 0.1) is 5.75 Å². The number of carbonyl (C=O) groups is 1. The summed E-state index contributed by atoms with van der Waals surface area (Å²) >= 11 is 4.89. The van der Waals surface area contributed by atoms with Gasteiger partial charge in [-0.15, -0.1) is 11.8 Å². The Morgan fingerprint density at radius 2 is 2.33 bits per heavy atom. The van der Waals surface area contributed by atoms with Gasteiger partial charge in [-0.05, 0) is 41.1 Å². The van der Waals surface area contributed by atoms with Crippen LogP contribution in [0.5, 0.6) is 0 Å². The Kier molecular flexibility index (Phi) is 4.98. The molecule has 0 saturated carbocycles. The number of thioether (sulfide) groups is 1. The number of nitrogens with two attached hydrogens (primary N) is 1. The zero-order valence-corrected chi connectivity index (χ0v) is 10.8. The van der Waals surface area contributed by atoms with Gasteiger partial charge in [0, 0.05) is 21.6 Å². The lowest BCUT2D eigenvalue weighted by atomic mass is 10.3. The van der Waals surface area contributed by atoms with Gasteiger partial charge in [-0.25, -0.2) is 0 Å². The van der Waals surface area contributed by atoms with E-state index in [2.05, 4.69) is 21.2 Å². The molecule has 0 aliphatic rings. The first-order chi connectivity index (χ1) is 7.13. The zero-order valence-electron chi connectivity index (χ0n) is 8.42. The molecule has 0 bridgehead atoms. The molecular formula is C10H13BrN2OS. The van der Waals surface area contributed by atoms with Crippen LogP contribution in [0.3, 0.4) is 0 Å². The highest BCUT2D eigenvalue weighted by Gasteiger charge is 2.04. The molecule has 3 N–H and O–H groups in total. The molecule has 82 valence electrons. The number of hydrogen-bond acceptors (Lipinski definition) is 3. The number of nitrogens with one attached hydrogen (secondary N) is 1. The van der Waals surface area contributed by atoms with Crippen LogP contribution in [0.1, 0.15) is 6.92 Å². The smallest absolute Gasteiger partial charge is 0.230 e. The first-order valence-corrected chi connectivity index (χ1v) is 6.36. The molecule has 0 heterocycles. The van der Waals surface area contributed by atoms with E-state index in [1.807, 2.05) is 25.1 Å². The van der Waals surface area contributed by atoms with E-state index in [0.717, 1.165) is 9.37 Å². The number of amides is 1. The van der Waals surface area contributed by atoms with Gasteiger partial charge in [0.1, 0.15) is 0 Å². The summed E-state index contributed by atoms with van der Waals surface area (Å²) in [4.78, 5) is 12.2. The number of rotatable bonds is 4. The Morgan fingerprint density at radius 1 is 1.60 bits per heavy atom. The Bertz CT molecular complexity index is 357. The van der Waals surface area contributed by atoms with Gasteiger partial charge < -0.3 is 11.1 Å². The van der Waals surface area contributed by atoms with Gasteiger partial charge in [-0.1, -0.05) is 0 Å². The van der Waals surface area contributed by atoms with Crippen LogP contribution >= 0.6 is 27.7 Å². The molecule has 15 heavy (non-hydrogen) atoms. The fraction of sp³-hybridized carbons (Fsp3) is 0.300. The van der Waals surface area contributed by atoms with Gasteiger partial charge in [0.2, 0.25) is 5.91 Å². The third-order valence-corrected chi connectivity index (χ3v) is 3.68. The van der Waals surface area contributed by atoms with Crippen molar-refractivity contribution in [2.45, 2.75) is 11.8 Å². The number of carbonyl (C=O) groups excluding carboxylic acids is 1. The molecule has 0 aromatic heterocycles. The number of benzene rings is 1. The largest absolute Gasteiger partial charge is 0.399 e. The molecule has 0 spiro atoms. The van der Waals surface area contributed by atoms with Crippen LogP contribution in [0.15, 0.2) is 27.6 Å².